The molecule has 38 heavy (non-hydrogen) atoms. The van der Waals surface area contributed by atoms with Crippen LogP contribution < -0.4 is 0 Å². The number of carboxylic acids is 1. The van der Waals surface area contributed by atoms with Crippen molar-refractivity contribution in [2.75, 3.05) is 0 Å². The first-order valence-electron chi connectivity index (χ1n) is 12.1. The summed E-state index contributed by atoms with van der Waals surface area (Å²) in [5.74, 6) is -1.22. The zero-order valence-electron chi connectivity index (χ0n) is 20.0. The van der Waals surface area contributed by atoms with Crippen LogP contribution in [0.15, 0.2) is 103 Å². The topological polar surface area (TPSA) is 81.8 Å². The van der Waals surface area contributed by atoms with E-state index in [9.17, 15) is 9.90 Å². The molecule has 0 aliphatic heterocycles. The second-order valence-corrected chi connectivity index (χ2v) is 10.3. The Balaban J connectivity index is 1.39. The maximum absolute atomic E-state index is 11.2. The first-order chi connectivity index (χ1) is 18.6. The van der Waals surface area contributed by atoms with Crippen molar-refractivity contribution in [2.45, 2.75) is 0 Å². The van der Waals surface area contributed by atoms with Gasteiger partial charge in [0.1, 0.15) is 11.6 Å². The number of aromatic amines is 1. The lowest BCUT2D eigenvalue weighted by atomic mass is 10.1. The Morgan fingerprint density at radius 1 is 0.816 bits per heavy atom. The highest BCUT2D eigenvalue weighted by Crippen LogP contribution is 2.37. The summed E-state index contributed by atoms with van der Waals surface area (Å²) in [7, 11) is 0. The Morgan fingerprint density at radius 3 is 2.16 bits per heavy atom. The molecule has 0 aliphatic carbocycles. The van der Waals surface area contributed by atoms with E-state index in [4.69, 9.17) is 5.26 Å². The van der Waals surface area contributed by atoms with Crippen molar-refractivity contribution < 1.29 is 9.90 Å². The summed E-state index contributed by atoms with van der Waals surface area (Å²) in [6, 6.07) is 35.4. The van der Waals surface area contributed by atoms with Gasteiger partial charge in [0.2, 0.25) is 0 Å². The summed E-state index contributed by atoms with van der Waals surface area (Å²) in [5.41, 5.74) is 6.33. The first-order valence-corrected chi connectivity index (χ1v) is 12.9. The van der Waals surface area contributed by atoms with Crippen LogP contribution in [0.3, 0.4) is 0 Å². The maximum atomic E-state index is 11.2. The van der Waals surface area contributed by atoms with Crippen LogP contribution in [0.4, 0.5) is 0 Å². The standard InChI is InChI=1S/C32H19N3O2S/c33-18-20(32(36)37)15-22-11-14-31(38-22)19-9-12-27-25(16-19)26-17-21(10-13-28(26)34-27)35-29-7-3-1-5-23(29)24-6-2-4-8-30(24)35/h1-17,34H,(H,36,37)/b20-15+. The highest BCUT2D eigenvalue weighted by molar-refractivity contribution is 7.16. The molecule has 7 aromatic rings. The largest absolute Gasteiger partial charge is 0.477 e. The molecule has 2 N–H and O–H groups in total. The summed E-state index contributed by atoms with van der Waals surface area (Å²) >= 11 is 1.46. The first kappa shape index (κ1) is 22.1. The van der Waals surface area contributed by atoms with E-state index < -0.39 is 5.97 Å². The lowest BCUT2D eigenvalue weighted by Crippen LogP contribution is -1.96. The highest BCUT2D eigenvalue weighted by atomic mass is 32.1. The molecule has 180 valence electrons. The van der Waals surface area contributed by atoms with E-state index in [1.54, 1.807) is 6.07 Å². The number of benzene rings is 4. The average molecular weight is 510 g/mol. The number of carboxylic acid groups (broad SMARTS) is 1. The van der Waals surface area contributed by atoms with Crippen molar-refractivity contribution in [3.63, 3.8) is 0 Å². The van der Waals surface area contributed by atoms with E-state index in [1.807, 2.05) is 12.1 Å². The molecule has 0 atom stereocenters. The summed E-state index contributed by atoms with van der Waals surface area (Å²) < 4.78 is 2.32. The van der Waals surface area contributed by atoms with Crippen LogP contribution in [0.1, 0.15) is 4.88 Å². The predicted octanol–water partition coefficient (Wildman–Crippen LogP) is 8.14. The van der Waals surface area contributed by atoms with Gasteiger partial charge in [0.25, 0.3) is 0 Å². The van der Waals surface area contributed by atoms with Gasteiger partial charge in [0.15, 0.2) is 0 Å². The van der Waals surface area contributed by atoms with Crippen LogP contribution in [-0.4, -0.2) is 20.6 Å². The molecule has 0 radical (unpaired) electrons. The van der Waals surface area contributed by atoms with Crippen molar-refractivity contribution >= 4 is 67.0 Å². The number of para-hydroxylation sites is 2. The number of carbonyl (C=O) groups is 1. The SMILES string of the molecule is N#C/C(=C\c1ccc(-c2ccc3[nH]c4ccc(-n5c6ccccc6c6ccccc65)cc4c3c2)s1)C(=O)O. The lowest BCUT2D eigenvalue weighted by Gasteiger charge is -2.08. The molecule has 0 spiro atoms. The van der Waals surface area contributed by atoms with Crippen LogP contribution in [0.5, 0.6) is 0 Å². The number of aromatic nitrogens is 2. The number of H-pyrrole nitrogens is 1. The number of hydrogen-bond acceptors (Lipinski definition) is 3. The molecule has 0 aliphatic rings. The molecule has 0 bridgehead atoms. The molecule has 4 aromatic carbocycles. The third kappa shape index (κ3) is 3.41. The number of nitrogens with one attached hydrogen (secondary N) is 1. The van der Waals surface area contributed by atoms with E-state index in [2.05, 4.69) is 94.5 Å². The van der Waals surface area contributed by atoms with Crippen molar-refractivity contribution in [3.8, 4) is 22.2 Å². The molecule has 0 fully saturated rings. The molecule has 7 rings (SSSR count). The minimum Gasteiger partial charge on any atom is -0.477 e. The van der Waals surface area contributed by atoms with Crippen LogP contribution >= 0.6 is 11.3 Å². The number of thiophene rings is 1. The molecule has 0 saturated carbocycles. The summed E-state index contributed by atoms with van der Waals surface area (Å²) in [4.78, 5) is 16.5. The van der Waals surface area contributed by atoms with Gasteiger partial charge < -0.3 is 14.7 Å². The highest BCUT2D eigenvalue weighted by Gasteiger charge is 2.14. The number of rotatable bonds is 4. The molecule has 5 nitrogen and oxygen atoms in total. The second kappa shape index (κ2) is 8.48. The van der Waals surface area contributed by atoms with Gasteiger partial charge in [-0.15, -0.1) is 11.3 Å². The number of nitriles is 1. The lowest BCUT2D eigenvalue weighted by molar-refractivity contribution is -0.132. The zero-order valence-corrected chi connectivity index (χ0v) is 20.8. The van der Waals surface area contributed by atoms with Gasteiger partial charge in [-0.25, -0.2) is 4.79 Å². The Labute approximate surface area is 221 Å². The third-order valence-corrected chi connectivity index (χ3v) is 8.05. The molecule has 3 aromatic heterocycles. The van der Waals surface area contributed by atoms with Gasteiger partial charge in [-0.3, -0.25) is 0 Å². The summed E-state index contributed by atoms with van der Waals surface area (Å²) in [6.45, 7) is 0. The molecule has 0 amide bonds. The van der Waals surface area contributed by atoms with Gasteiger partial charge in [-0.1, -0.05) is 42.5 Å². The van der Waals surface area contributed by atoms with E-state index in [0.717, 1.165) is 42.8 Å². The smallest absolute Gasteiger partial charge is 0.346 e. The Bertz CT molecular complexity index is 2080. The minimum atomic E-state index is -1.22. The van der Waals surface area contributed by atoms with Crippen molar-refractivity contribution in [3.05, 3.63) is 108 Å². The second-order valence-electron chi connectivity index (χ2n) is 9.16. The third-order valence-electron chi connectivity index (χ3n) is 6.97. The molecule has 3 heterocycles. The number of nitrogens with zero attached hydrogens (tertiary/aromatic N) is 2. The molecular weight excluding hydrogens is 490 g/mol. The van der Waals surface area contributed by atoms with E-state index in [1.165, 1.54) is 39.2 Å². The van der Waals surface area contributed by atoms with Gasteiger partial charge in [-0.2, -0.15) is 5.26 Å². The van der Waals surface area contributed by atoms with Gasteiger partial charge in [0.05, 0.1) is 11.0 Å². The molecular formula is C32H19N3O2S. The fourth-order valence-electron chi connectivity index (χ4n) is 5.25. The maximum Gasteiger partial charge on any atom is 0.346 e. The number of fused-ring (bicyclic) bond motifs is 6. The normalized spacial score (nSPS) is 12.0. The summed E-state index contributed by atoms with van der Waals surface area (Å²) in [5, 5.41) is 23.0. The average Bonchev–Trinajstić information content (AvgIpc) is 3.65. The van der Waals surface area contributed by atoms with E-state index in [-0.39, 0.29) is 5.57 Å². The fraction of sp³-hybridized carbons (Fsp3) is 0. The fourth-order valence-corrected chi connectivity index (χ4v) is 6.20. The van der Waals surface area contributed by atoms with Crippen LogP contribution in [-0.2, 0) is 4.79 Å². The van der Waals surface area contributed by atoms with Gasteiger partial charge in [0, 0.05) is 48.0 Å². The molecule has 0 unspecified atom stereocenters. The Morgan fingerprint density at radius 2 is 1.47 bits per heavy atom. The van der Waals surface area contributed by atoms with Crippen LogP contribution in [0.2, 0.25) is 0 Å². The number of hydrogen-bond donors (Lipinski definition) is 2. The van der Waals surface area contributed by atoms with Crippen molar-refractivity contribution in [2.24, 2.45) is 0 Å². The Kier molecular flexibility index (Phi) is 4.93. The summed E-state index contributed by atoms with van der Waals surface area (Å²) in [6.07, 6.45) is 1.42. The zero-order chi connectivity index (χ0) is 25.8. The quantitative estimate of drug-likeness (QED) is 0.186. The van der Waals surface area contributed by atoms with E-state index >= 15 is 0 Å². The van der Waals surface area contributed by atoms with Crippen LogP contribution in [0.25, 0.3) is 65.8 Å². The predicted molar refractivity (Wildman–Crippen MR) is 155 cm³/mol. The molecule has 6 heteroatoms. The van der Waals surface area contributed by atoms with Crippen molar-refractivity contribution in [1.29, 1.82) is 5.26 Å². The van der Waals surface area contributed by atoms with Gasteiger partial charge in [-0.05, 0) is 66.2 Å². The number of aliphatic carboxylic acids is 1. The van der Waals surface area contributed by atoms with Gasteiger partial charge >= 0.3 is 5.97 Å². The minimum absolute atomic E-state index is 0.275. The Hall–Kier alpha value is -5.12. The van der Waals surface area contributed by atoms with Crippen molar-refractivity contribution in [1.82, 2.24) is 9.55 Å². The molecule has 0 saturated heterocycles. The monoisotopic (exact) mass is 509 g/mol. The van der Waals surface area contributed by atoms with Crippen LogP contribution in [0, 0.1) is 11.3 Å². The van der Waals surface area contributed by atoms with E-state index in [0.29, 0.717) is 0 Å².